The number of hydrogen-bond acceptors (Lipinski definition) is 15. The molecular weight excluding hydrogens is 1170 g/mol. The maximum Gasteiger partial charge on any atom is 0.472 e. The van der Waals surface area contributed by atoms with E-state index in [0.29, 0.717) is 25.7 Å². The molecule has 0 heterocycles. The molecule has 5 atom stereocenters. The Balaban J connectivity index is 5.29. The van der Waals surface area contributed by atoms with E-state index in [2.05, 4.69) is 58.9 Å². The summed E-state index contributed by atoms with van der Waals surface area (Å²) in [4.78, 5) is 72.5. The zero-order valence-corrected chi connectivity index (χ0v) is 58.8. The predicted molar refractivity (Wildman–Crippen MR) is 358 cm³/mol. The van der Waals surface area contributed by atoms with E-state index >= 15 is 0 Å². The Bertz CT molecular complexity index is 1810. The van der Waals surface area contributed by atoms with E-state index in [1.165, 1.54) is 148 Å². The highest BCUT2D eigenvalue weighted by molar-refractivity contribution is 7.47. The molecule has 0 bridgehead atoms. The minimum atomic E-state index is -4.96. The molecule has 0 aliphatic rings. The van der Waals surface area contributed by atoms with Gasteiger partial charge in [0.25, 0.3) is 0 Å². The SMILES string of the molecule is CCCCCC/C=C\C=C/CCCCCCCC(=O)O[C@H](COC(=O)CCCCCCCCCCCC(C)C)COP(=O)(O)OC[C@@H](O)COP(=O)(O)OC[C@@H](COC(=O)CCCCCCCCCCCCC)OC(=O)CCCCCCCCCCCCC. The monoisotopic (exact) mass is 1310 g/mol. The molecule has 0 spiro atoms. The average molecular weight is 1310 g/mol. The highest BCUT2D eigenvalue weighted by atomic mass is 31.2. The van der Waals surface area contributed by atoms with Crippen LogP contribution in [0.1, 0.15) is 336 Å². The Hall–Kier alpha value is -2.46. The van der Waals surface area contributed by atoms with Crippen LogP contribution in [0.2, 0.25) is 0 Å². The average Bonchev–Trinajstić information content (AvgIpc) is 3.59. The highest BCUT2D eigenvalue weighted by Crippen LogP contribution is 2.45. The van der Waals surface area contributed by atoms with E-state index in [1.54, 1.807) is 0 Å². The summed E-state index contributed by atoms with van der Waals surface area (Å²) >= 11 is 0. The maximum atomic E-state index is 13.0. The Morgan fingerprint density at radius 1 is 0.348 bits per heavy atom. The molecule has 0 saturated heterocycles. The van der Waals surface area contributed by atoms with Crippen LogP contribution in [0.4, 0.5) is 0 Å². The van der Waals surface area contributed by atoms with Gasteiger partial charge >= 0.3 is 39.5 Å². The Labute approximate surface area is 542 Å². The molecule has 0 aromatic carbocycles. The summed E-state index contributed by atoms with van der Waals surface area (Å²) in [6, 6.07) is 0. The van der Waals surface area contributed by atoms with E-state index in [-0.39, 0.29) is 25.7 Å². The molecule has 19 heteroatoms. The quantitative estimate of drug-likeness (QED) is 0.0169. The zero-order valence-electron chi connectivity index (χ0n) is 57.0. The summed E-state index contributed by atoms with van der Waals surface area (Å²) in [5.41, 5.74) is 0. The predicted octanol–water partition coefficient (Wildman–Crippen LogP) is 19.7. The van der Waals surface area contributed by atoms with Crippen LogP contribution in [0.5, 0.6) is 0 Å². The lowest BCUT2D eigenvalue weighted by Crippen LogP contribution is -2.30. The van der Waals surface area contributed by atoms with Gasteiger partial charge in [0, 0.05) is 25.7 Å². The van der Waals surface area contributed by atoms with E-state index in [4.69, 9.17) is 37.0 Å². The maximum absolute atomic E-state index is 13.0. The lowest BCUT2D eigenvalue weighted by molar-refractivity contribution is -0.161. The fourth-order valence-electron chi connectivity index (χ4n) is 10.1. The van der Waals surface area contributed by atoms with Crippen LogP contribution in [0.25, 0.3) is 0 Å². The second-order valence-corrected chi connectivity index (χ2v) is 28.0. The van der Waals surface area contributed by atoms with Crippen LogP contribution in [-0.2, 0) is 65.4 Å². The van der Waals surface area contributed by atoms with Gasteiger partial charge < -0.3 is 33.8 Å². The minimum absolute atomic E-state index is 0.0848. The van der Waals surface area contributed by atoms with Crippen LogP contribution < -0.4 is 0 Å². The molecule has 17 nitrogen and oxygen atoms in total. The lowest BCUT2D eigenvalue weighted by Gasteiger charge is -2.21. The molecule has 89 heavy (non-hydrogen) atoms. The third kappa shape index (κ3) is 64.1. The number of ether oxygens (including phenoxy) is 4. The number of rotatable bonds is 68. The molecule has 0 aliphatic carbocycles. The Morgan fingerprint density at radius 2 is 0.607 bits per heavy atom. The number of hydrogen-bond donors (Lipinski definition) is 3. The molecule has 0 aromatic heterocycles. The fourth-order valence-corrected chi connectivity index (χ4v) is 11.7. The number of carbonyl (C=O) groups excluding carboxylic acids is 4. The molecular formula is C70H132O17P2. The first-order chi connectivity index (χ1) is 43.0. The molecule has 2 unspecified atom stereocenters. The van der Waals surface area contributed by atoms with E-state index in [9.17, 15) is 43.2 Å². The van der Waals surface area contributed by atoms with Gasteiger partial charge in [0.15, 0.2) is 12.2 Å². The standard InChI is InChI=1S/C70H132O17P2/c1-6-9-12-15-18-21-24-25-26-27-30-35-41-46-51-56-70(75)87-66(60-81-68(73)54-49-44-39-36-31-32-37-42-47-52-63(4)5)62-85-89(78,79)83-58-64(71)57-82-88(76,77)84-61-65(86-69(74)55-50-45-40-34-29-23-20-17-14-11-8-3)59-80-67(72)53-48-43-38-33-28-22-19-16-13-10-7-2/h21,24-26,63-66,71H,6-20,22-23,27-62H2,1-5H3,(H,76,77)(H,78,79)/b24-21-,26-25-/t64-,65+,66+/m0/s1. The molecule has 0 amide bonds. The third-order valence-electron chi connectivity index (χ3n) is 15.7. The molecule has 0 radical (unpaired) electrons. The van der Waals surface area contributed by atoms with Crippen LogP contribution in [0.3, 0.4) is 0 Å². The van der Waals surface area contributed by atoms with Crippen molar-refractivity contribution >= 4 is 39.5 Å². The molecule has 0 aromatic rings. The molecule has 0 aliphatic heterocycles. The van der Waals surface area contributed by atoms with Crippen LogP contribution in [0.15, 0.2) is 24.3 Å². The van der Waals surface area contributed by atoms with Gasteiger partial charge in [-0.1, -0.05) is 284 Å². The second-order valence-electron chi connectivity index (χ2n) is 25.1. The Kier molecular flexibility index (Phi) is 61.2. The number of allylic oxidation sites excluding steroid dienone is 4. The van der Waals surface area contributed by atoms with Gasteiger partial charge in [0.05, 0.1) is 26.4 Å². The minimum Gasteiger partial charge on any atom is -0.462 e. The first-order valence-electron chi connectivity index (χ1n) is 36.0. The molecule has 0 fully saturated rings. The fraction of sp³-hybridized carbons (Fsp3) is 0.886. The van der Waals surface area contributed by atoms with Gasteiger partial charge in [-0.2, -0.15) is 0 Å². The molecule has 3 N–H and O–H groups in total. The third-order valence-corrected chi connectivity index (χ3v) is 17.6. The second kappa shape index (κ2) is 63.0. The molecule has 524 valence electrons. The number of phosphoric acid groups is 2. The first kappa shape index (κ1) is 86.5. The summed E-state index contributed by atoms with van der Waals surface area (Å²) in [5, 5.41) is 10.6. The van der Waals surface area contributed by atoms with E-state index in [0.717, 1.165) is 109 Å². The smallest absolute Gasteiger partial charge is 0.462 e. The summed E-state index contributed by atoms with van der Waals surface area (Å²) in [7, 11) is -9.91. The van der Waals surface area contributed by atoms with Crippen molar-refractivity contribution < 1.29 is 80.2 Å². The van der Waals surface area contributed by atoms with Gasteiger partial charge in [0.1, 0.15) is 19.3 Å². The van der Waals surface area contributed by atoms with Crippen LogP contribution >= 0.6 is 15.6 Å². The van der Waals surface area contributed by atoms with Crippen LogP contribution in [0, 0.1) is 5.92 Å². The first-order valence-corrected chi connectivity index (χ1v) is 38.9. The van der Waals surface area contributed by atoms with Crippen molar-refractivity contribution in [2.45, 2.75) is 355 Å². The van der Waals surface area contributed by atoms with Crippen molar-refractivity contribution in [3.63, 3.8) is 0 Å². The van der Waals surface area contributed by atoms with E-state index in [1.807, 2.05) is 0 Å². The number of unbranched alkanes of at least 4 members (excludes halogenated alkanes) is 37. The molecule has 0 rings (SSSR count). The molecule has 0 saturated carbocycles. The van der Waals surface area contributed by atoms with Gasteiger partial charge in [-0.3, -0.25) is 37.3 Å². The summed E-state index contributed by atoms with van der Waals surface area (Å²) in [5.74, 6) is -1.41. The van der Waals surface area contributed by atoms with E-state index < -0.39 is 97.5 Å². The van der Waals surface area contributed by atoms with Crippen molar-refractivity contribution in [3.05, 3.63) is 24.3 Å². The number of esters is 4. The lowest BCUT2D eigenvalue weighted by atomic mass is 10.0. The number of phosphoric ester groups is 2. The zero-order chi connectivity index (χ0) is 65.6. The van der Waals surface area contributed by atoms with Crippen molar-refractivity contribution in [1.29, 1.82) is 0 Å². The normalized spacial score (nSPS) is 14.3. The highest BCUT2D eigenvalue weighted by Gasteiger charge is 2.30. The van der Waals surface area contributed by atoms with Crippen molar-refractivity contribution in [2.24, 2.45) is 5.92 Å². The number of carbonyl (C=O) groups is 4. The van der Waals surface area contributed by atoms with Gasteiger partial charge in [-0.25, -0.2) is 9.13 Å². The van der Waals surface area contributed by atoms with Crippen molar-refractivity contribution in [1.82, 2.24) is 0 Å². The van der Waals surface area contributed by atoms with Crippen molar-refractivity contribution in [3.8, 4) is 0 Å². The Morgan fingerprint density at radius 3 is 0.921 bits per heavy atom. The summed E-state index contributed by atoms with van der Waals surface area (Å²) < 4.78 is 68.2. The number of aliphatic hydroxyl groups is 1. The van der Waals surface area contributed by atoms with Gasteiger partial charge in [-0.15, -0.1) is 0 Å². The van der Waals surface area contributed by atoms with Gasteiger partial charge in [0.2, 0.25) is 0 Å². The van der Waals surface area contributed by atoms with Crippen LogP contribution in [-0.4, -0.2) is 96.7 Å². The topological polar surface area (TPSA) is 237 Å². The summed E-state index contributed by atoms with van der Waals surface area (Å²) in [6.07, 6.45) is 52.0. The number of aliphatic hydroxyl groups excluding tert-OH is 1. The van der Waals surface area contributed by atoms with Gasteiger partial charge in [-0.05, 0) is 57.3 Å². The van der Waals surface area contributed by atoms with Crippen molar-refractivity contribution in [2.75, 3.05) is 39.6 Å². The largest absolute Gasteiger partial charge is 0.472 e. The summed E-state index contributed by atoms with van der Waals surface area (Å²) in [6.45, 7) is 7.15.